The monoisotopic (exact) mass is 233 g/mol. The molecule has 0 saturated heterocycles. The first-order valence-corrected chi connectivity index (χ1v) is 4.10. The first-order valence-electron chi connectivity index (χ1n) is 2.93. The van der Waals surface area contributed by atoms with Crippen LogP contribution >= 0.6 is 27.5 Å². The molecule has 1 heterocycles. The van der Waals surface area contributed by atoms with E-state index in [-0.39, 0.29) is 5.78 Å². The Morgan fingerprint density at radius 3 is 2.82 bits per heavy atom. The van der Waals surface area contributed by atoms with Crippen LogP contribution in [-0.4, -0.2) is 10.8 Å². The number of nitrogens with zero attached hydrogens (tertiary/aromatic N) is 1. The van der Waals surface area contributed by atoms with Gasteiger partial charge in [0.2, 0.25) is 0 Å². The molecule has 0 spiro atoms. The number of hydrogen-bond acceptors (Lipinski definition) is 2. The molecule has 0 saturated carbocycles. The molecule has 0 aromatic carbocycles. The van der Waals surface area contributed by atoms with Crippen molar-refractivity contribution in [3.05, 3.63) is 27.5 Å². The number of rotatable bonds is 1. The number of ketones is 1. The van der Waals surface area contributed by atoms with Gasteiger partial charge in [0.1, 0.15) is 5.15 Å². The van der Waals surface area contributed by atoms with Crippen LogP contribution in [0, 0.1) is 0 Å². The van der Waals surface area contributed by atoms with Crippen molar-refractivity contribution < 1.29 is 4.79 Å². The van der Waals surface area contributed by atoms with E-state index in [1.54, 1.807) is 0 Å². The number of pyridine rings is 1. The molecule has 1 rings (SSSR count). The van der Waals surface area contributed by atoms with Crippen molar-refractivity contribution >= 4 is 33.3 Å². The second kappa shape index (κ2) is 3.32. The Bertz CT molecular complexity index is 300. The van der Waals surface area contributed by atoms with Gasteiger partial charge in [-0.2, -0.15) is 0 Å². The number of Topliss-reactive ketones (excluding diaryl/α,β-unsaturated/α-hetero) is 1. The molecule has 0 unspecified atom stereocenters. The maximum absolute atomic E-state index is 10.9. The predicted molar refractivity (Wildman–Crippen MR) is 47.0 cm³/mol. The summed E-state index contributed by atoms with van der Waals surface area (Å²) in [5.41, 5.74) is 0.560. The smallest absolute Gasteiger partial charge is 0.161 e. The quantitative estimate of drug-likeness (QED) is 0.552. The van der Waals surface area contributed by atoms with E-state index in [9.17, 15) is 4.79 Å². The predicted octanol–water partition coefficient (Wildman–Crippen LogP) is 2.70. The Kier molecular flexibility index (Phi) is 2.62. The molecule has 0 aliphatic heterocycles. The van der Waals surface area contributed by atoms with Gasteiger partial charge in [0.25, 0.3) is 0 Å². The van der Waals surface area contributed by atoms with E-state index in [1.165, 1.54) is 19.2 Å². The molecule has 58 valence electrons. The van der Waals surface area contributed by atoms with Crippen LogP contribution in [0.25, 0.3) is 0 Å². The van der Waals surface area contributed by atoms with Gasteiger partial charge in [0.05, 0.1) is 0 Å². The zero-order valence-electron chi connectivity index (χ0n) is 5.77. The molecule has 0 amide bonds. The van der Waals surface area contributed by atoms with E-state index < -0.39 is 0 Å². The fourth-order valence-electron chi connectivity index (χ4n) is 0.683. The fourth-order valence-corrected chi connectivity index (χ4v) is 1.34. The largest absolute Gasteiger partial charge is 0.294 e. The van der Waals surface area contributed by atoms with E-state index in [0.29, 0.717) is 15.2 Å². The molecular formula is C7H5BrClNO. The summed E-state index contributed by atoms with van der Waals surface area (Å²) in [6, 6.07) is 1.54. The zero-order chi connectivity index (χ0) is 8.43. The highest BCUT2D eigenvalue weighted by molar-refractivity contribution is 9.10. The highest BCUT2D eigenvalue weighted by atomic mass is 79.9. The lowest BCUT2D eigenvalue weighted by Gasteiger charge is -1.98. The van der Waals surface area contributed by atoms with Crippen molar-refractivity contribution in [3.63, 3.8) is 0 Å². The second-order valence-electron chi connectivity index (χ2n) is 2.04. The lowest BCUT2D eigenvalue weighted by atomic mass is 10.2. The average Bonchev–Trinajstić information content (AvgIpc) is 1.94. The van der Waals surface area contributed by atoms with Gasteiger partial charge in [-0.15, -0.1) is 0 Å². The van der Waals surface area contributed by atoms with Crippen LogP contribution in [-0.2, 0) is 0 Å². The minimum Gasteiger partial charge on any atom is -0.294 e. The summed E-state index contributed by atoms with van der Waals surface area (Å²) in [6.07, 6.45) is 1.51. The fraction of sp³-hybridized carbons (Fsp3) is 0.143. The third-order valence-electron chi connectivity index (χ3n) is 1.20. The van der Waals surface area contributed by atoms with Gasteiger partial charge < -0.3 is 0 Å². The molecule has 4 heteroatoms. The van der Waals surface area contributed by atoms with Crippen molar-refractivity contribution in [2.24, 2.45) is 0 Å². The molecule has 1 aromatic rings. The molecule has 1 aromatic heterocycles. The summed E-state index contributed by atoms with van der Waals surface area (Å²) >= 11 is 8.77. The molecule has 0 aliphatic rings. The SMILES string of the molecule is CC(=O)c1cc(Cl)ncc1Br. The van der Waals surface area contributed by atoms with Gasteiger partial charge in [-0.3, -0.25) is 4.79 Å². The van der Waals surface area contributed by atoms with E-state index in [1.807, 2.05) is 0 Å². The second-order valence-corrected chi connectivity index (χ2v) is 3.28. The molecule has 2 nitrogen and oxygen atoms in total. The summed E-state index contributed by atoms with van der Waals surface area (Å²) < 4.78 is 0.675. The van der Waals surface area contributed by atoms with E-state index in [0.717, 1.165) is 0 Å². The first kappa shape index (κ1) is 8.68. The van der Waals surface area contributed by atoms with Gasteiger partial charge in [-0.05, 0) is 28.9 Å². The van der Waals surface area contributed by atoms with Gasteiger partial charge in [-0.25, -0.2) is 4.98 Å². The van der Waals surface area contributed by atoms with Crippen molar-refractivity contribution in [1.29, 1.82) is 0 Å². The Morgan fingerprint density at radius 2 is 2.36 bits per heavy atom. The Balaban J connectivity index is 3.23. The van der Waals surface area contributed by atoms with Crippen LogP contribution in [0.5, 0.6) is 0 Å². The van der Waals surface area contributed by atoms with Crippen LogP contribution < -0.4 is 0 Å². The van der Waals surface area contributed by atoms with Crippen molar-refractivity contribution in [1.82, 2.24) is 4.98 Å². The average molecular weight is 234 g/mol. The Hall–Kier alpha value is -0.410. The number of carbonyl (C=O) groups excluding carboxylic acids is 1. The third kappa shape index (κ3) is 2.01. The van der Waals surface area contributed by atoms with Crippen molar-refractivity contribution in [2.75, 3.05) is 0 Å². The highest BCUT2D eigenvalue weighted by Gasteiger charge is 2.05. The summed E-state index contributed by atoms with van der Waals surface area (Å²) in [6.45, 7) is 1.48. The summed E-state index contributed by atoms with van der Waals surface area (Å²) in [7, 11) is 0. The van der Waals surface area contributed by atoms with Crippen molar-refractivity contribution in [3.8, 4) is 0 Å². The number of aromatic nitrogens is 1. The molecule has 0 aliphatic carbocycles. The normalized spacial score (nSPS) is 9.73. The Morgan fingerprint density at radius 1 is 1.73 bits per heavy atom. The molecule has 0 N–H and O–H groups in total. The standard InChI is InChI=1S/C7H5BrClNO/c1-4(11)5-2-7(9)10-3-6(5)8/h2-3H,1H3. The van der Waals surface area contributed by atoms with Crippen LogP contribution in [0.3, 0.4) is 0 Å². The van der Waals surface area contributed by atoms with Crippen LogP contribution in [0.4, 0.5) is 0 Å². The van der Waals surface area contributed by atoms with Crippen LogP contribution in [0.2, 0.25) is 5.15 Å². The van der Waals surface area contributed by atoms with E-state index in [4.69, 9.17) is 11.6 Å². The minimum atomic E-state index is -0.0267. The van der Waals surface area contributed by atoms with E-state index in [2.05, 4.69) is 20.9 Å². The molecule has 0 atom stereocenters. The van der Waals surface area contributed by atoms with Gasteiger partial charge in [0.15, 0.2) is 5.78 Å². The minimum absolute atomic E-state index is 0.0267. The molecule has 0 bridgehead atoms. The number of halogens is 2. The molecule has 0 fully saturated rings. The summed E-state index contributed by atoms with van der Waals surface area (Å²) in [5, 5.41) is 0.332. The summed E-state index contributed by atoms with van der Waals surface area (Å²) in [5.74, 6) is -0.0267. The number of hydrogen-bond donors (Lipinski definition) is 0. The topological polar surface area (TPSA) is 30.0 Å². The lowest BCUT2D eigenvalue weighted by Crippen LogP contribution is -1.94. The number of carbonyl (C=O) groups is 1. The highest BCUT2D eigenvalue weighted by Crippen LogP contribution is 2.18. The van der Waals surface area contributed by atoms with E-state index >= 15 is 0 Å². The van der Waals surface area contributed by atoms with Gasteiger partial charge >= 0.3 is 0 Å². The lowest BCUT2D eigenvalue weighted by molar-refractivity contribution is 0.101. The Labute approximate surface area is 77.7 Å². The van der Waals surface area contributed by atoms with Crippen LogP contribution in [0.15, 0.2) is 16.7 Å². The summed E-state index contributed by atoms with van der Waals surface area (Å²) in [4.78, 5) is 14.7. The van der Waals surface area contributed by atoms with Gasteiger partial charge in [0, 0.05) is 16.2 Å². The maximum Gasteiger partial charge on any atom is 0.161 e. The molecular weight excluding hydrogens is 229 g/mol. The van der Waals surface area contributed by atoms with Crippen molar-refractivity contribution in [2.45, 2.75) is 6.92 Å². The van der Waals surface area contributed by atoms with Gasteiger partial charge in [-0.1, -0.05) is 11.6 Å². The van der Waals surface area contributed by atoms with Crippen LogP contribution in [0.1, 0.15) is 17.3 Å². The zero-order valence-corrected chi connectivity index (χ0v) is 8.11. The first-order chi connectivity index (χ1) is 5.11. The molecule has 0 radical (unpaired) electrons. The third-order valence-corrected chi connectivity index (χ3v) is 2.04. The maximum atomic E-state index is 10.9. The molecule has 11 heavy (non-hydrogen) atoms.